The fourth-order valence-electron chi connectivity index (χ4n) is 3.89. The number of ether oxygens (including phenoxy) is 1. The Balaban J connectivity index is 1.42. The molecule has 176 valence electrons. The van der Waals surface area contributed by atoms with Gasteiger partial charge in [-0.05, 0) is 55.3 Å². The van der Waals surface area contributed by atoms with Gasteiger partial charge in [0.05, 0.1) is 11.3 Å². The Hall–Kier alpha value is -4.14. The molecule has 0 atom stereocenters. The topological polar surface area (TPSA) is 108 Å². The van der Waals surface area contributed by atoms with Crippen LogP contribution in [0, 0.1) is 6.92 Å². The molecule has 3 aromatic rings. The van der Waals surface area contributed by atoms with E-state index in [-0.39, 0.29) is 17.9 Å². The highest BCUT2D eigenvalue weighted by Gasteiger charge is 2.20. The summed E-state index contributed by atoms with van der Waals surface area (Å²) in [6.45, 7) is 4.74. The van der Waals surface area contributed by atoms with Crippen molar-refractivity contribution in [2.45, 2.75) is 13.3 Å². The lowest BCUT2D eigenvalue weighted by molar-refractivity contribution is -0.118. The number of aryl methyl sites for hydroxylation is 1. The van der Waals surface area contributed by atoms with Gasteiger partial charge in [-0.3, -0.25) is 4.79 Å². The molecule has 1 saturated heterocycles. The second kappa shape index (κ2) is 10.7. The predicted molar refractivity (Wildman–Crippen MR) is 130 cm³/mol. The van der Waals surface area contributed by atoms with Crippen molar-refractivity contribution in [1.82, 2.24) is 9.97 Å². The van der Waals surface area contributed by atoms with E-state index >= 15 is 0 Å². The second-order valence-electron chi connectivity index (χ2n) is 8.06. The minimum atomic E-state index is -1.11. The number of carboxylic acid groups (broad SMARTS) is 1. The SMILES string of the molecule is Cc1cccc(OCC(=O)Nc2ccc(N3CCCN(c4ncccn4)CC3)cc2C(=O)O)c1. The number of nitrogens with zero attached hydrogens (tertiary/aromatic N) is 4. The van der Waals surface area contributed by atoms with Gasteiger partial charge >= 0.3 is 5.97 Å². The number of hydrogen-bond acceptors (Lipinski definition) is 7. The molecule has 0 aliphatic carbocycles. The molecule has 0 saturated carbocycles. The normalized spacial score (nSPS) is 13.8. The van der Waals surface area contributed by atoms with E-state index in [0.29, 0.717) is 18.2 Å². The van der Waals surface area contributed by atoms with Gasteiger partial charge in [0.1, 0.15) is 5.75 Å². The summed E-state index contributed by atoms with van der Waals surface area (Å²) in [5.41, 5.74) is 2.09. The summed E-state index contributed by atoms with van der Waals surface area (Å²) in [5.74, 6) is -0.252. The zero-order valence-electron chi connectivity index (χ0n) is 19.0. The fraction of sp³-hybridized carbons (Fsp3) is 0.280. The van der Waals surface area contributed by atoms with Gasteiger partial charge < -0.3 is 25.0 Å². The molecule has 2 N–H and O–H groups in total. The van der Waals surface area contributed by atoms with Crippen LogP contribution in [-0.4, -0.2) is 59.7 Å². The number of carboxylic acids is 1. The summed E-state index contributed by atoms with van der Waals surface area (Å²) in [6, 6.07) is 14.2. The maximum atomic E-state index is 12.4. The van der Waals surface area contributed by atoms with Gasteiger partial charge in [-0.25, -0.2) is 14.8 Å². The highest BCUT2D eigenvalue weighted by molar-refractivity contribution is 6.01. The number of anilines is 3. The Morgan fingerprint density at radius 1 is 1.00 bits per heavy atom. The molecule has 4 rings (SSSR count). The smallest absolute Gasteiger partial charge is 0.337 e. The maximum absolute atomic E-state index is 12.4. The molecule has 9 nitrogen and oxygen atoms in total. The van der Waals surface area contributed by atoms with E-state index in [1.807, 2.05) is 31.2 Å². The Morgan fingerprint density at radius 3 is 2.53 bits per heavy atom. The largest absolute Gasteiger partial charge is 0.484 e. The standard InChI is InChI=1S/C25H27N5O4/c1-18-5-2-6-20(15-18)34-17-23(31)28-22-8-7-19(16-21(22)24(32)33)29-11-4-12-30(14-13-29)25-26-9-3-10-27-25/h2-3,5-10,15-16H,4,11-14,17H2,1H3,(H,28,31)(H,32,33). The predicted octanol–water partition coefficient (Wildman–Crippen LogP) is 3.22. The van der Waals surface area contributed by atoms with Crippen LogP contribution in [-0.2, 0) is 4.79 Å². The van der Waals surface area contributed by atoms with Crippen LogP contribution in [0.5, 0.6) is 5.75 Å². The molecular formula is C25H27N5O4. The third-order valence-electron chi connectivity index (χ3n) is 5.56. The van der Waals surface area contributed by atoms with Crippen LogP contribution in [0.25, 0.3) is 0 Å². The Labute approximate surface area is 198 Å². The molecule has 2 aromatic carbocycles. The van der Waals surface area contributed by atoms with Crippen LogP contribution < -0.4 is 19.9 Å². The van der Waals surface area contributed by atoms with E-state index in [1.54, 1.807) is 36.7 Å². The number of amides is 1. The molecule has 1 amide bonds. The Morgan fingerprint density at radius 2 is 1.76 bits per heavy atom. The van der Waals surface area contributed by atoms with E-state index in [9.17, 15) is 14.7 Å². The zero-order chi connectivity index (χ0) is 23.9. The summed E-state index contributed by atoms with van der Waals surface area (Å²) in [5, 5.41) is 12.4. The fourth-order valence-corrected chi connectivity index (χ4v) is 3.89. The maximum Gasteiger partial charge on any atom is 0.337 e. The van der Waals surface area contributed by atoms with Crippen molar-refractivity contribution in [3.63, 3.8) is 0 Å². The molecule has 1 fully saturated rings. The number of hydrogen-bond donors (Lipinski definition) is 2. The van der Waals surface area contributed by atoms with Crippen molar-refractivity contribution >= 4 is 29.2 Å². The zero-order valence-corrected chi connectivity index (χ0v) is 19.0. The van der Waals surface area contributed by atoms with Gasteiger partial charge in [-0.2, -0.15) is 0 Å². The third-order valence-corrected chi connectivity index (χ3v) is 5.56. The summed E-state index contributed by atoms with van der Waals surface area (Å²) < 4.78 is 5.52. The molecule has 0 bridgehead atoms. The van der Waals surface area contributed by atoms with Crippen molar-refractivity contribution in [2.24, 2.45) is 0 Å². The van der Waals surface area contributed by atoms with Crippen molar-refractivity contribution in [3.05, 3.63) is 72.1 Å². The quantitative estimate of drug-likeness (QED) is 0.552. The number of benzene rings is 2. The van der Waals surface area contributed by atoms with Crippen LogP contribution in [0.1, 0.15) is 22.3 Å². The van der Waals surface area contributed by atoms with Crippen molar-refractivity contribution in [1.29, 1.82) is 0 Å². The molecule has 1 aliphatic heterocycles. The first kappa shape index (κ1) is 23.0. The van der Waals surface area contributed by atoms with Crippen LogP contribution in [0.15, 0.2) is 60.9 Å². The molecule has 2 heterocycles. The number of aromatic nitrogens is 2. The van der Waals surface area contributed by atoms with E-state index in [0.717, 1.165) is 37.3 Å². The van der Waals surface area contributed by atoms with Gasteiger partial charge in [0.15, 0.2) is 6.61 Å². The highest BCUT2D eigenvalue weighted by atomic mass is 16.5. The van der Waals surface area contributed by atoms with Crippen LogP contribution in [0.2, 0.25) is 0 Å². The lowest BCUT2D eigenvalue weighted by atomic mass is 10.1. The van der Waals surface area contributed by atoms with Gasteiger partial charge in [-0.1, -0.05) is 12.1 Å². The lowest BCUT2D eigenvalue weighted by Gasteiger charge is -2.24. The second-order valence-corrected chi connectivity index (χ2v) is 8.06. The number of nitrogens with one attached hydrogen (secondary N) is 1. The summed E-state index contributed by atoms with van der Waals surface area (Å²) in [4.78, 5) is 37.2. The summed E-state index contributed by atoms with van der Waals surface area (Å²) in [6.07, 6.45) is 4.33. The lowest BCUT2D eigenvalue weighted by Crippen LogP contribution is -2.31. The highest BCUT2D eigenvalue weighted by Crippen LogP contribution is 2.25. The van der Waals surface area contributed by atoms with E-state index in [2.05, 4.69) is 25.1 Å². The van der Waals surface area contributed by atoms with Crippen LogP contribution in [0.3, 0.4) is 0 Å². The molecule has 34 heavy (non-hydrogen) atoms. The minimum absolute atomic E-state index is 0.0360. The van der Waals surface area contributed by atoms with Gasteiger partial charge in [0.2, 0.25) is 5.95 Å². The summed E-state index contributed by atoms with van der Waals surface area (Å²) >= 11 is 0. The first-order valence-electron chi connectivity index (χ1n) is 11.1. The molecule has 1 aliphatic rings. The molecule has 0 radical (unpaired) electrons. The number of aromatic carboxylic acids is 1. The van der Waals surface area contributed by atoms with E-state index in [4.69, 9.17) is 4.74 Å². The number of rotatable bonds is 7. The van der Waals surface area contributed by atoms with Gasteiger partial charge in [0.25, 0.3) is 5.91 Å². The van der Waals surface area contributed by atoms with Crippen molar-refractivity contribution < 1.29 is 19.4 Å². The first-order valence-corrected chi connectivity index (χ1v) is 11.1. The summed E-state index contributed by atoms with van der Waals surface area (Å²) in [7, 11) is 0. The molecule has 9 heteroatoms. The average Bonchev–Trinajstić information content (AvgIpc) is 3.10. The number of carbonyl (C=O) groups excluding carboxylic acids is 1. The average molecular weight is 462 g/mol. The third kappa shape index (κ3) is 5.80. The van der Waals surface area contributed by atoms with E-state index in [1.165, 1.54) is 0 Å². The Kier molecular flexibility index (Phi) is 7.22. The first-order chi connectivity index (χ1) is 16.5. The molecular weight excluding hydrogens is 434 g/mol. The Bertz CT molecular complexity index is 1160. The van der Waals surface area contributed by atoms with Crippen LogP contribution >= 0.6 is 0 Å². The van der Waals surface area contributed by atoms with Crippen molar-refractivity contribution in [3.8, 4) is 5.75 Å². The van der Waals surface area contributed by atoms with Gasteiger partial charge in [-0.15, -0.1) is 0 Å². The van der Waals surface area contributed by atoms with Gasteiger partial charge in [0, 0.05) is 44.3 Å². The van der Waals surface area contributed by atoms with Crippen molar-refractivity contribution in [2.75, 3.05) is 47.9 Å². The molecule has 0 unspecified atom stereocenters. The van der Waals surface area contributed by atoms with Crippen LogP contribution in [0.4, 0.5) is 17.3 Å². The minimum Gasteiger partial charge on any atom is -0.484 e. The monoisotopic (exact) mass is 461 g/mol. The van der Waals surface area contributed by atoms with E-state index < -0.39 is 11.9 Å². The molecule has 0 spiro atoms. The molecule has 1 aromatic heterocycles. The number of carbonyl (C=O) groups is 2.